The van der Waals surface area contributed by atoms with Crippen molar-refractivity contribution in [2.45, 2.75) is 130 Å². The fourth-order valence-corrected chi connectivity index (χ4v) is 3.72. The fourth-order valence-electron chi connectivity index (χ4n) is 3.72. The standard InChI is InChI=1S/C28H46O4/c1-4-7-10-13-16-19-27(29)31-25-22-21-24(18-15-12-9-6-3)23-26(25)32-28(30)20-17-14-11-8-5-2/h21-23H,4-20H2,1-3H3. The predicted molar refractivity (Wildman–Crippen MR) is 132 cm³/mol. The maximum absolute atomic E-state index is 12.4. The summed E-state index contributed by atoms with van der Waals surface area (Å²) in [5, 5.41) is 0. The van der Waals surface area contributed by atoms with Crippen LogP contribution in [-0.4, -0.2) is 11.9 Å². The van der Waals surface area contributed by atoms with E-state index in [0.717, 1.165) is 56.9 Å². The van der Waals surface area contributed by atoms with Crippen molar-refractivity contribution in [1.29, 1.82) is 0 Å². The molecule has 0 radical (unpaired) electrons. The molecule has 0 fully saturated rings. The molecule has 1 rings (SSSR count). The average Bonchev–Trinajstić information content (AvgIpc) is 2.78. The molecule has 4 nitrogen and oxygen atoms in total. The molecule has 0 amide bonds. The van der Waals surface area contributed by atoms with Crippen LogP contribution >= 0.6 is 0 Å². The highest BCUT2D eigenvalue weighted by Crippen LogP contribution is 2.30. The summed E-state index contributed by atoms with van der Waals surface area (Å²) in [5.41, 5.74) is 1.12. The monoisotopic (exact) mass is 446 g/mol. The molecule has 1 aromatic carbocycles. The van der Waals surface area contributed by atoms with Gasteiger partial charge in [0.05, 0.1) is 0 Å². The molecule has 182 valence electrons. The van der Waals surface area contributed by atoms with Gasteiger partial charge in [0.2, 0.25) is 0 Å². The highest BCUT2D eigenvalue weighted by molar-refractivity contribution is 5.76. The Hall–Kier alpha value is -1.84. The van der Waals surface area contributed by atoms with E-state index in [-0.39, 0.29) is 11.9 Å². The number of ether oxygens (including phenoxy) is 2. The molecule has 0 saturated carbocycles. The Morgan fingerprint density at radius 3 is 1.59 bits per heavy atom. The van der Waals surface area contributed by atoms with E-state index in [1.807, 2.05) is 12.1 Å². The first-order chi connectivity index (χ1) is 15.6. The van der Waals surface area contributed by atoms with Crippen LogP contribution in [0, 0.1) is 0 Å². The second-order valence-electron chi connectivity index (χ2n) is 8.87. The minimum absolute atomic E-state index is 0.249. The zero-order valence-corrected chi connectivity index (χ0v) is 20.9. The Balaban J connectivity index is 2.68. The summed E-state index contributed by atoms with van der Waals surface area (Å²) in [6.07, 6.45) is 17.3. The molecule has 4 heteroatoms. The van der Waals surface area contributed by atoms with Gasteiger partial charge in [0.1, 0.15) is 0 Å². The average molecular weight is 447 g/mol. The van der Waals surface area contributed by atoms with Crippen LogP contribution in [0.2, 0.25) is 0 Å². The topological polar surface area (TPSA) is 52.6 Å². The van der Waals surface area contributed by atoms with Crippen LogP contribution in [0.4, 0.5) is 0 Å². The van der Waals surface area contributed by atoms with E-state index in [1.54, 1.807) is 6.07 Å². The minimum Gasteiger partial charge on any atom is -0.423 e. The first-order valence-corrected chi connectivity index (χ1v) is 13.1. The number of rotatable bonds is 19. The molecule has 0 aliphatic carbocycles. The second kappa shape index (κ2) is 18.7. The lowest BCUT2D eigenvalue weighted by molar-refractivity contribution is -0.137. The molecular weight excluding hydrogens is 400 g/mol. The van der Waals surface area contributed by atoms with Crippen molar-refractivity contribution in [3.63, 3.8) is 0 Å². The lowest BCUT2D eigenvalue weighted by Crippen LogP contribution is -2.12. The predicted octanol–water partition coefficient (Wildman–Crippen LogP) is 8.34. The van der Waals surface area contributed by atoms with E-state index < -0.39 is 0 Å². The SMILES string of the molecule is CCCCCCCC(=O)Oc1ccc(CCCCCC)cc1OC(=O)CCCCCCC. The second-order valence-corrected chi connectivity index (χ2v) is 8.87. The molecule has 0 N–H and O–H groups in total. The summed E-state index contributed by atoms with van der Waals surface area (Å²) in [4.78, 5) is 24.7. The van der Waals surface area contributed by atoms with Crippen LogP contribution in [0.15, 0.2) is 18.2 Å². The maximum atomic E-state index is 12.4. The van der Waals surface area contributed by atoms with Gasteiger partial charge in [-0.1, -0.05) is 97.5 Å². The van der Waals surface area contributed by atoms with Crippen molar-refractivity contribution < 1.29 is 19.1 Å². The molecule has 1 aromatic rings. The van der Waals surface area contributed by atoms with Crippen molar-refractivity contribution in [3.05, 3.63) is 23.8 Å². The van der Waals surface area contributed by atoms with Gasteiger partial charge in [-0.15, -0.1) is 0 Å². The highest BCUT2D eigenvalue weighted by atomic mass is 16.6. The summed E-state index contributed by atoms with van der Waals surface area (Å²) in [6.45, 7) is 6.56. The Morgan fingerprint density at radius 2 is 1.06 bits per heavy atom. The van der Waals surface area contributed by atoms with Crippen molar-refractivity contribution >= 4 is 11.9 Å². The van der Waals surface area contributed by atoms with Gasteiger partial charge in [-0.25, -0.2) is 0 Å². The first-order valence-electron chi connectivity index (χ1n) is 13.1. The van der Waals surface area contributed by atoms with E-state index in [2.05, 4.69) is 20.8 Å². The summed E-state index contributed by atoms with van der Waals surface area (Å²) < 4.78 is 11.3. The van der Waals surface area contributed by atoms with Crippen molar-refractivity contribution in [1.82, 2.24) is 0 Å². The number of hydrogen-bond acceptors (Lipinski definition) is 4. The van der Waals surface area contributed by atoms with E-state index in [9.17, 15) is 9.59 Å². The number of unbranched alkanes of at least 4 members (excludes halogenated alkanes) is 11. The Bertz CT molecular complexity index is 638. The van der Waals surface area contributed by atoms with Gasteiger partial charge in [-0.2, -0.15) is 0 Å². The van der Waals surface area contributed by atoms with E-state index in [0.29, 0.717) is 24.3 Å². The number of esters is 2. The molecule has 0 bridgehead atoms. The third kappa shape index (κ3) is 13.5. The van der Waals surface area contributed by atoms with Crippen LogP contribution in [0.3, 0.4) is 0 Å². The Morgan fingerprint density at radius 1 is 0.594 bits per heavy atom. The van der Waals surface area contributed by atoms with E-state index in [4.69, 9.17) is 9.47 Å². The van der Waals surface area contributed by atoms with Crippen LogP contribution < -0.4 is 9.47 Å². The van der Waals surface area contributed by atoms with Crippen LogP contribution in [0.25, 0.3) is 0 Å². The lowest BCUT2D eigenvalue weighted by atomic mass is 10.1. The largest absolute Gasteiger partial charge is 0.423 e. The van der Waals surface area contributed by atoms with Gasteiger partial charge in [0, 0.05) is 12.8 Å². The minimum atomic E-state index is -0.256. The van der Waals surface area contributed by atoms with E-state index in [1.165, 1.54) is 44.9 Å². The van der Waals surface area contributed by atoms with Crippen molar-refractivity contribution in [3.8, 4) is 11.5 Å². The number of benzene rings is 1. The molecular formula is C28H46O4. The van der Waals surface area contributed by atoms with Gasteiger partial charge in [0.25, 0.3) is 0 Å². The zero-order chi connectivity index (χ0) is 23.4. The smallest absolute Gasteiger partial charge is 0.311 e. The summed E-state index contributed by atoms with van der Waals surface area (Å²) in [5.74, 6) is 0.242. The molecule has 0 unspecified atom stereocenters. The molecule has 0 heterocycles. The highest BCUT2D eigenvalue weighted by Gasteiger charge is 2.15. The third-order valence-electron chi connectivity index (χ3n) is 5.74. The van der Waals surface area contributed by atoms with Crippen molar-refractivity contribution in [2.75, 3.05) is 0 Å². The van der Waals surface area contributed by atoms with Gasteiger partial charge in [-0.3, -0.25) is 9.59 Å². The molecule has 0 aliphatic rings. The number of carbonyl (C=O) groups excluding carboxylic acids is 2. The number of hydrogen-bond donors (Lipinski definition) is 0. The van der Waals surface area contributed by atoms with Gasteiger partial charge in [0.15, 0.2) is 11.5 Å². The van der Waals surface area contributed by atoms with Crippen molar-refractivity contribution in [2.24, 2.45) is 0 Å². The van der Waals surface area contributed by atoms with Gasteiger partial charge >= 0.3 is 11.9 Å². The zero-order valence-electron chi connectivity index (χ0n) is 20.9. The molecule has 0 atom stereocenters. The molecule has 32 heavy (non-hydrogen) atoms. The van der Waals surface area contributed by atoms with Crippen LogP contribution in [0.1, 0.15) is 129 Å². The lowest BCUT2D eigenvalue weighted by Gasteiger charge is -2.13. The third-order valence-corrected chi connectivity index (χ3v) is 5.74. The summed E-state index contributed by atoms with van der Waals surface area (Å²) >= 11 is 0. The van der Waals surface area contributed by atoms with Gasteiger partial charge in [-0.05, 0) is 43.4 Å². The molecule has 0 aliphatic heterocycles. The molecule has 0 saturated heterocycles. The number of aryl methyl sites for hydroxylation is 1. The quantitative estimate of drug-likeness (QED) is 0.122. The molecule has 0 spiro atoms. The first kappa shape index (κ1) is 28.2. The van der Waals surface area contributed by atoms with E-state index >= 15 is 0 Å². The van der Waals surface area contributed by atoms with Crippen LogP contribution in [0.5, 0.6) is 11.5 Å². The van der Waals surface area contributed by atoms with Gasteiger partial charge < -0.3 is 9.47 Å². The Kier molecular flexibility index (Phi) is 16.5. The molecule has 0 aromatic heterocycles. The van der Waals surface area contributed by atoms with Crippen LogP contribution in [-0.2, 0) is 16.0 Å². The fraction of sp³-hybridized carbons (Fsp3) is 0.714. The Labute approximate surface area is 196 Å². The number of carbonyl (C=O) groups is 2. The summed E-state index contributed by atoms with van der Waals surface area (Å²) in [7, 11) is 0. The normalized spacial score (nSPS) is 10.8. The maximum Gasteiger partial charge on any atom is 0.311 e. The summed E-state index contributed by atoms with van der Waals surface area (Å²) in [6, 6.07) is 5.65.